The van der Waals surface area contributed by atoms with Gasteiger partial charge in [-0.2, -0.15) is 0 Å². The van der Waals surface area contributed by atoms with Crippen LogP contribution >= 0.6 is 0 Å². The van der Waals surface area contributed by atoms with E-state index in [0.717, 1.165) is 0 Å². The summed E-state index contributed by atoms with van der Waals surface area (Å²) in [5.74, 6) is 0.124. The summed E-state index contributed by atoms with van der Waals surface area (Å²) in [6.07, 6.45) is 1.36. The molecule has 21 heavy (non-hydrogen) atoms. The van der Waals surface area contributed by atoms with E-state index in [1.165, 1.54) is 25.4 Å². The number of methoxy groups -OCH3 is 1. The molecule has 0 radical (unpaired) electrons. The molecule has 2 heterocycles. The highest BCUT2D eigenvalue weighted by Gasteiger charge is 2.15. The third-order valence-corrected chi connectivity index (χ3v) is 2.75. The summed E-state index contributed by atoms with van der Waals surface area (Å²) >= 11 is 0. The third-order valence-electron chi connectivity index (χ3n) is 2.75. The van der Waals surface area contributed by atoms with E-state index < -0.39 is 11.9 Å². The van der Waals surface area contributed by atoms with E-state index >= 15 is 0 Å². The molecular formula is C14H15N3O4. The number of anilines is 1. The number of carbonyl (C=O) groups excluding carboxylic acids is 2. The maximum Gasteiger partial charge on any atom is 0.337 e. The van der Waals surface area contributed by atoms with Crippen LogP contribution < -0.4 is 5.32 Å². The Kier molecular flexibility index (Phi) is 4.32. The monoisotopic (exact) mass is 289 g/mol. The molecule has 1 N–H and O–H groups in total. The summed E-state index contributed by atoms with van der Waals surface area (Å²) in [4.78, 5) is 27.4. The molecule has 7 heteroatoms. The van der Waals surface area contributed by atoms with E-state index in [1.807, 2.05) is 13.8 Å². The van der Waals surface area contributed by atoms with Gasteiger partial charge in [0.1, 0.15) is 11.5 Å². The molecule has 0 unspecified atom stereocenters. The lowest BCUT2D eigenvalue weighted by Crippen LogP contribution is -2.15. The van der Waals surface area contributed by atoms with Crippen LogP contribution in [-0.2, 0) is 4.74 Å². The summed E-state index contributed by atoms with van der Waals surface area (Å²) in [6, 6.07) is 4.47. The molecule has 2 rings (SSSR count). The van der Waals surface area contributed by atoms with Gasteiger partial charge in [-0.1, -0.05) is 19.0 Å². The minimum atomic E-state index is -0.532. The van der Waals surface area contributed by atoms with E-state index in [9.17, 15) is 9.59 Å². The number of ether oxygens (including phenoxy) is 1. The molecule has 0 atom stereocenters. The number of hydrogen-bond acceptors (Lipinski definition) is 6. The Morgan fingerprint density at radius 3 is 2.71 bits per heavy atom. The highest BCUT2D eigenvalue weighted by molar-refractivity contribution is 6.03. The van der Waals surface area contributed by atoms with Gasteiger partial charge in [0, 0.05) is 18.2 Å². The number of esters is 1. The third kappa shape index (κ3) is 3.44. The second-order valence-corrected chi connectivity index (χ2v) is 4.64. The fourth-order valence-electron chi connectivity index (χ4n) is 1.60. The van der Waals surface area contributed by atoms with Gasteiger partial charge in [0.05, 0.1) is 12.7 Å². The van der Waals surface area contributed by atoms with Crippen molar-refractivity contribution in [3.63, 3.8) is 0 Å². The quantitative estimate of drug-likeness (QED) is 0.867. The van der Waals surface area contributed by atoms with Crippen molar-refractivity contribution in [1.29, 1.82) is 0 Å². The average molecular weight is 289 g/mol. The van der Waals surface area contributed by atoms with Crippen molar-refractivity contribution in [2.45, 2.75) is 19.8 Å². The molecule has 1 amide bonds. The molecule has 2 aromatic rings. The Balaban J connectivity index is 2.14. The molecule has 2 aromatic heterocycles. The van der Waals surface area contributed by atoms with Crippen molar-refractivity contribution in [1.82, 2.24) is 10.1 Å². The summed E-state index contributed by atoms with van der Waals surface area (Å²) in [5, 5.41) is 6.31. The standard InChI is InChI=1S/C14H15N3O4/c1-8(2)11-7-12(17-21-11)16-13(18)10-6-9(4-5-15-10)14(19)20-3/h4-8H,1-3H3,(H,16,17,18). The normalized spacial score (nSPS) is 10.5. The van der Waals surface area contributed by atoms with E-state index in [1.54, 1.807) is 6.07 Å². The van der Waals surface area contributed by atoms with Crippen molar-refractivity contribution < 1.29 is 18.8 Å². The second kappa shape index (κ2) is 6.17. The van der Waals surface area contributed by atoms with Gasteiger partial charge in [0.15, 0.2) is 5.82 Å². The first-order valence-corrected chi connectivity index (χ1v) is 6.33. The summed E-state index contributed by atoms with van der Waals surface area (Å²) in [7, 11) is 1.27. The van der Waals surface area contributed by atoms with Crippen molar-refractivity contribution >= 4 is 17.7 Å². The molecule has 0 bridgehead atoms. The molecule has 0 aliphatic rings. The highest BCUT2D eigenvalue weighted by Crippen LogP contribution is 2.18. The van der Waals surface area contributed by atoms with Crippen LogP contribution in [0.4, 0.5) is 5.82 Å². The SMILES string of the molecule is COC(=O)c1ccnc(C(=O)Nc2cc(C(C)C)on2)c1. The summed E-state index contributed by atoms with van der Waals surface area (Å²) in [6.45, 7) is 3.90. The minimum absolute atomic E-state index is 0.0898. The molecule has 0 saturated heterocycles. The summed E-state index contributed by atoms with van der Waals surface area (Å²) < 4.78 is 9.68. The smallest absolute Gasteiger partial charge is 0.337 e. The van der Waals surface area contributed by atoms with Gasteiger partial charge in [0.2, 0.25) is 0 Å². The number of pyridine rings is 1. The maximum atomic E-state index is 12.0. The number of nitrogens with one attached hydrogen (secondary N) is 1. The Labute approximate surface area is 121 Å². The largest absolute Gasteiger partial charge is 0.465 e. The van der Waals surface area contributed by atoms with Gasteiger partial charge in [-0.05, 0) is 12.1 Å². The lowest BCUT2D eigenvalue weighted by Gasteiger charge is -2.02. The highest BCUT2D eigenvalue weighted by atomic mass is 16.5. The zero-order valence-corrected chi connectivity index (χ0v) is 11.9. The molecule has 0 aliphatic heterocycles. The van der Waals surface area contributed by atoms with Crippen molar-refractivity contribution in [3.05, 3.63) is 41.4 Å². The lowest BCUT2D eigenvalue weighted by atomic mass is 10.1. The van der Waals surface area contributed by atoms with Crippen molar-refractivity contribution in [2.75, 3.05) is 12.4 Å². The van der Waals surface area contributed by atoms with Crippen LogP contribution in [0, 0.1) is 0 Å². The van der Waals surface area contributed by atoms with E-state index in [4.69, 9.17) is 4.52 Å². The fraction of sp³-hybridized carbons (Fsp3) is 0.286. The maximum absolute atomic E-state index is 12.0. The van der Waals surface area contributed by atoms with Crippen molar-refractivity contribution in [3.8, 4) is 0 Å². The second-order valence-electron chi connectivity index (χ2n) is 4.64. The van der Waals surface area contributed by atoms with Gasteiger partial charge in [0.25, 0.3) is 5.91 Å². The first kappa shape index (κ1) is 14.7. The van der Waals surface area contributed by atoms with Crippen LogP contribution in [-0.4, -0.2) is 29.1 Å². The van der Waals surface area contributed by atoms with Crippen LogP contribution in [0.5, 0.6) is 0 Å². The first-order valence-electron chi connectivity index (χ1n) is 6.33. The van der Waals surface area contributed by atoms with Gasteiger partial charge in [-0.3, -0.25) is 9.78 Å². The molecule has 0 aliphatic carbocycles. The number of hydrogen-bond donors (Lipinski definition) is 1. The first-order chi connectivity index (χ1) is 10.0. The van der Waals surface area contributed by atoms with E-state index in [0.29, 0.717) is 11.6 Å². The fourth-order valence-corrected chi connectivity index (χ4v) is 1.60. The van der Waals surface area contributed by atoms with Gasteiger partial charge in [-0.25, -0.2) is 4.79 Å². The van der Waals surface area contributed by atoms with Crippen molar-refractivity contribution in [2.24, 2.45) is 0 Å². The van der Waals surface area contributed by atoms with E-state index in [2.05, 4.69) is 20.2 Å². The van der Waals surface area contributed by atoms with Crippen LogP contribution in [0.1, 0.15) is 46.4 Å². The predicted molar refractivity (Wildman–Crippen MR) is 74.1 cm³/mol. The molecule has 7 nitrogen and oxygen atoms in total. The Morgan fingerprint density at radius 2 is 2.10 bits per heavy atom. The minimum Gasteiger partial charge on any atom is -0.465 e. The number of rotatable bonds is 4. The van der Waals surface area contributed by atoms with Crippen LogP contribution in [0.2, 0.25) is 0 Å². The molecule has 0 spiro atoms. The predicted octanol–water partition coefficient (Wildman–Crippen LogP) is 2.23. The Bertz CT molecular complexity index is 664. The number of amides is 1. The molecular weight excluding hydrogens is 274 g/mol. The Hall–Kier alpha value is -2.70. The molecule has 110 valence electrons. The van der Waals surface area contributed by atoms with Gasteiger partial charge in [-0.15, -0.1) is 0 Å². The number of nitrogens with zero attached hydrogens (tertiary/aromatic N) is 2. The number of aromatic nitrogens is 2. The van der Waals surface area contributed by atoms with Crippen LogP contribution in [0.15, 0.2) is 28.9 Å². The average Bonchev–Trinajstić information content (AvgIpc) is 2.95. The van der Waals surface area contributed by atoms with Crippen LogP contribution in [0.3, 0.4) is 0 Å². The molecule has 0 fully saturated rings. The molecule has 0 aromatic carbocycles. The zero-order chi connectivity index (χ0) is 15.4. The van der Waals surface area contributed by atoms with Gasteiger partial charge < -0.3 is 14.6 Å². The topological polar surface area (TPSA) is 94.3 Å². The molecule has 0 saturated carbocycles. The van der Waals surface area contributed by atoms with Gasteiger partial charge >= 0.3 is 5.97 Å². The zero-order valence-electron chi connectivity index (χ0n) is 11.9. The Morgan fingerprint density at radius 1 is 1.33 bits per heavy atom. The van der Waals surface area contributed by atoms with Crippen LogP contribution in [0.25, 0.3) is 0 Å². The van der Waals surface area contributed by atoms with E-state index in [-0.39, 0.29) is 17.2 Å². The lowest BCUT2D eigenvalue weighted by molar-refractivity contribution is 0.0600. The number of carbonyl (C=O) groups is 2. The summed E-state index contributed by atoms with van der Waals surface area (Å²) in [5.41, 5.74) is 0.340.